The summed E-state index contributed by atoms with van der Waals surface area (Å²) in [5.41, 5.74) is 4.45. The average Bonchev–Trinajstić information content (AvgIpc) is 2.71. The zero-order valence-electron chi connectivity index (χ0n) is 18.4. The van der Waals surface area contributed by atoms with E-state index in [9.17, 15) is 9.59 Å². The number of carbonyl (C=O) groups excluding carboxylic acids is 2. The predicted molar refractivity (Wildman–Crippen MR) is 119 cm³/mol. The zero-order chi connectivity index (χ0) is 21.5. The molecule has 2 aromatic rings. The van der Waals surface area contributed by atoms with Crippen LogP contribution >= 0.6 is 0 Å². The molecule has 5 nitrogen and oxygen atoms in total. The molecule has 1 unspecified atom stereocenters. The van der Waals surface area contributed by atoms with Crippen LogP contribution in [0.15, 0.2) is 42.5 Å². The van der Waals surface area contributed by atoms with Gasteiger partial charge in [-0.2, -0.15) is 0 Å². The molecular weight excluding hydrogens is 374 g/mol. The maximum absolute atomic E-state index is 13.8. The molecule has 1 atom stereocenters. The summed E-state index contributed by atoms with van der Waals surface area (Å²) in [5.74, 6) is 0.0144. The lowest BCUT2D eigenvalue weighted by Crippen LogP contribution is -2.68. The smallest absolute Gasteiger partial charge is 0.250 e. The highest BCUT2D eigenvalue weighted by Gasteiger charge is 2.55. The lowest BCUT2D eigenvalue weighted by atomic mass is 9.78. The van der Waals surface area contributed by atoms with Crippen LogP contribution in [-0.4, -0.2) is 47.3 Å². The summed E-state index contributed by atoms with van der Waals surface area (Å²) in [6.07, 6.45) is 1.76. The van der Waals surface area contributed by atoms with Crippen LogP contribution in [0.4, 0.5) is 5.69 Å². The van der Waals surface area contributed by atoms with Crippen molar-refractivity contribution in [2.45, 2.75) is 51.6 Å². The second-order valence-electron chi connectivity index (χ2n) is 8.96. The number of anilines is 1. The standard InChI is InChI=1S/C25H31N3O2/c1-17-14-18(2)23(19(3)15-17)26-24(30)25(10-12-27(4)13-11-25)28-21(16-22(28)29)20-8-6-5-7-9-20/h5-9,14-15,21H,10-13,16H2,1-4H3,(H,26,30). The summed E-state index contributed by atoms with van der Waals surface area (Å²) in [7, 11) is 2.07. The van der Waals surface area contributed by atoms with Gasteiger partial charge in [0.05, 0.1) is 12.5 Å². The van der Waals surface area contributed by atoms with Crippen molar-refractivity contribution < 1.29 is 9.59 Å². The highest BCUT2D eigenvalue weighted by molar-refractivity contribution is 6.03. The Morgan fingerprint density at radius 2 is 1.63 bits per heavy atom. The second kappa shape index (κ2) is 7.88. The van der Waals surface area contributed by atoms with Gasteiger partial charge in [0.15, 0.2) is 0 Å². The van der Waals surface area contributed by atoms with E-state index in [1.54, 1.807) is 0 Å². The maximum atomic E-state index is 13.8. The van der Waals surface area contributed by atoms with E-state index < -0.39 is 5.54 Å². The third-order valence-electron chi connectivity index (χ3n) is 6.75. The van der Waals surface area contributed by atoms with Gasteiger partial charge in [-0.15, -0.1) is 0 Å². The van der Waals surface area contributed by atoms with E-state index >= 15 is 0 Å². The number of nitrogens with one attached hydrogen (secondary N) is 1. The van der Waals surface area contributed by atoms with Gasteiger partial charge in [0, 0.05) is 18.8 Å². The number of hydrogen-bond acceptors (Lipinski definition) is 3. The van der Waals surface area contributed by atoms with E-state index in [0.29, 0.717) is 19.3 Å². The lowest BCUT2D eigenvalue weighted by molar-refractivity contribution is -0.167. The summed E-state index contributed by atoms with van der Waals surface area (Å²) in [4.78, 5) is 30.8. The molecular formula is C25H31N3O2. The number of nitrogens with zero attached hydrogens (tertiary/aromatic N) is 2. The molecule has 1 N–H and O–H groups in total. The first-order valence-corrected chi connectivity index (χ1v) is 10.8. The molecule has 2 aliphatic rings. The number of β-lactam (4-membered cyclic amide) rings is 1. The van der Waals surface area contributed by atoms with Crippen molar-refractivity contribution in [1.29, 1.82) is 0 Å². The molecule has 0 radical (unpaired) electrons. The first-order valence-electron chi connectivity index (χ1n) is 10.8. The highest BCUT2D eigenvalue weighted by Crippen LogP contribution is 2.45. The van der Waals surface area contributed by atoms with E-state index in [0.717, 1.165) is 35.5 Å². The van der Waals surface area contributed by atoms with Crippen LogP contribution < -0.4 is 5.32 Å². The van der Waals surface area contributed by atoms with Crippen molar-refractivity contribution in [3.05, 3.63) is 64.7 Å². The largest absolute Gasteiger partial charge is 0.324 e. The summed E-state index contributed by atoms with van der Waals surface area (Å²) in [6.45, 7) is 7.71. The van der Waals surface area contributed by atoms with Crippen molar-refractivity contribution >= 4 is 17.5 Å². The van der Waals surface area contributed by atoms with Crippen LogP contribution in [-0.2, 0) is 9.59 Å². The number of benzene rings is 2. The molecule has 0 spiro atoms. The first-order chi connectivity index (χ1) is 14.3. The van der Waals surface area contributed by atoms with Gasteiger partial charge in [-0.05, 0) is 57.4 Å². The van der Waals surface area contributed by atoms with E-state index in [1.807, 2.05) is 36.9 Å². The molecule has 0 aromatic heterocycles. The normalized spacial score (nSPS) is 21.3. The number of carbonyl (C=O) groups is 2. The van der Waals surface area contributed by atoms with E-state index in [-0.39, 0.29) is 17.9 Å². The Kier molecular flexibility index (Phi) is 5.41. The Hall–Kier alpha value is -2.66. The van der Waals surface area contributed by atoms with Crippen molar-refractivity contribution in [3.63, 3.8) is 0 Å². The molecule has 2 saturated heterocycles. The van der Waals surface area contributed by atoms with E-state index in [2.05, 4.69) is 48.5 Å². The fraction of sp³-hybridized carbons (Fsp3) is 0.440. The van der Waals surface area contributed by atoms with Crippen LogP contribution in [0.25, 0.3) is 0 Å². The molecule has 2 aromatic carbocycles. The Bertz CT molecular complexity index is 939. The molecule has 2 heterocycles. The Labute approximate surface area is 179 Å². The second-order valence-corrected chi connectivity index (χ2v) is 8.96. The summed E-state index contributed by atoms with van der Waals surface area (Å²) in [6, 6.07) is 14.2. The summed E-state index contributed by atoms with van der Waals surface area (Å²) < 4.78 is 0. The van der Waals surface area contributed by atoms with Crippen molar-refractivity contribution in [1.82, 2.24) is 9.80 Å². The van der Waals surface area contributed by atoms with Crippen LogP contribution in [0.1, 0.15) is 47.6 Å². The number of amides is 2. The molecule has 158 valence electrons. The molecule has 2 aliphatic heterocycles. The number of hydrogen-bond donors (Lipinski definition) is 1. The number of aryl methyl sites for hydroxylation is 3. The Morgan fingerprint density at radius 3 is 2.20 bits per heavy atom. The number of rotatable bonds is 4. The topological polar surface area (TPSA) is 52.7 Å². The Balaban J connectivity index is 1.69. The van der Waals surface area contributed by atoms with E-state index in [1.165, 1.54) is 5.56 Å². The van der Waals surface area contributed by atoms with Crippen LogP contribution in [0.2, 0.25) is 0 Å². The monoisotopic (exact) mass is 405 g/mol. The van der Waals surface area contributed by atoms with Gasteiger partial charge in [-0.25, -0.2) is 0 Å². The van der Waals surface area contributed by atoms with Gasteiger partial charge in [0.2, 0.25) is 11.8 Å². The highest BCUT2D eigenvalue weighted by atomic mass is 16.2. The minimum Gasteiger partial charge on any atom is -0.324 e. The minimum atomic E-state index is -0.813. The third-order valence-corrected chi connectivity index (χ3v) is 6.75. The van der Waals surface area contributed by atoms with Gasteiger partial charge in [-0.1, -0.05) is 48.0 Å². The molecule has 30 heavy (non-hydrogen) atoms. The van der Waals surface area contributed by atoms with Gasteiger partial charge < -0.3 is 15.1 Å². The van der Waals surface area contributed by atoms with Gasteiger partial charge in [0.1, 0.15) is 5.54 Å². The molecule has 5 heteroatoms. The number of likely N-dealkylation sites (tertiary alicyclic amines) is 2. The SMILES string of the molecule is Cc1cc(C)c(NC(=O)C2(N3C(=O)CC3c3ccccc3)CCN(C)CC2)c(C)c1. The minimum absolute atomic E-state index is 0.0342. The van der Waals surface area contributed by atoms with Gasteiger partial charge in [-0.3, -0.25) is 9.59 Å². The van der Waals surface area contributed by atoms with Gasteiger partial charge in [0.25, 0.3) is 0 Å². The van der Waals surface area contributed by atoms with E-state index in [4.69, 9.17) is 0 Å². The van der Waals surface area contributed by atoms with Crippen LogP contribution in [0, 0.1) is 20.8 Å². The van der Waals surface area contributed by atoms with Gasteiger partial charge >= 0.3 is 0 Å². The molecule has 0 saturated carbocycles. The third kappa shape index (κ3) is 3.52. The maximum Gasteiger partial charge on any atom is 0.250 e. The Morgan fingerprint density at radius 1 is 1.03 bits per heavy atom. The van der Waals surface area contributed by atoms with Crippen molar-refractivity contribution in [2.24, 2.45) is 0 Å². The molecule has 2 fully saturated rings. The van der Waals surface area contributed by atoms with Crippen LogP contribution in [0.3, 0.4) is 0 Å². The lowest BCUT2D eigenvalue weighted by Gasteiger charge is -2.55. The van der Waals surface area contributed by atoms with Crippen LogP contribution in [0.5, 0.6) is 0 Å². The fourth-order valence-corrected chi connectivity index (χ4v) is 5.07. The van der Waals surface area contributed by atoms with Crippen molar-refractivity contribution in [3.8, 4) is 0 Å². The zero-order valence-corrected chi connectivity index (χ0v) is 18.4. The molecule has 4 rings (SSSR count). The van der Waals surface area contributed by atoms with Crippen molar-refractivity contribution in [2.75, 3.05) is 25.5 Å². The molecule has 2 amide bonds. The number of piperidine rings is 1. The average molecular weight is 406 g/mol. The molecule has 0 aliphatic carbocycles. The molecule has 0 bridgehead atoms. The quantitative estimate of drug-likeness (QED) is 0.783. The predicted octanol–water partition coefficient (Wildman–Crippen LogP) is 3.99. The summed E-state index contributed by atoms with van der Waals surface area (Å²) >= 11 is 0. The summed E-state index contributed by atoms with van der Waals surface area (Å²) in [5, 5.41) is 3.22. The first kappa shape index (κ1) is 20.6. The fourth-order valence-electron chi connectivity index (χ4n) is 5.07.